The van der Waals surface area contributed by atoms with Gasteiger partial charge in [0.1, 0.15) is 0 Å². The number of hydrogen-bond donors (Lipinski definition) is 0. The maximum Gasteiger partial charge on any atom is 1.00 e. The van der Waals surface area contributed by atoms with Crippen LogP contribution >= 0.6 is 0 Å². The summed E-state index contributed by atoms with van der Waals surface area (Å²) in [5.41, 5.74) is 0. The minimum Gasteiger partial charge on any atom is -0.550 e. The van der Waals surface area contributed by atoms with Crippen molar-refractivity contribution < 1.29 is 61.3 Å². The Morgan fingerprint density at radius 2 is 1.19 bits per heavy atom. The van der Waals surface area contributed by atoms with Crippen LogP contribution in [0.25, 0.3) is 0 Å². The Morgan fingerprint density at radius 3 is 1.56 bits per heavy atom. The van der Waals surface area contributed by atoms with E-state index >= 15 is 0 Å². The zero-order chi connectivity index (χ0) is 11.4. The van der Waals surface area contributed by atoms with Crippen LogP contribution in [-0.2, 0) is 4.79 Å². The minimum absolute atomic E-state index is 0. The third-order valence-corrected chi connectivity index (χ3v) is 2.73. The first-order chi connectivity index (χ1) is 7.27. The fraction of sp³-hybridized carbons (Fsp3) is 0.923. The molecular formula is C13H25KO2. The first kappa shape index (κ1) is 19.4. The number of carbonyl (C=O) groups is 1. The van der Waals surface area contributed by atoms with Crippen molar-refractivity contribution in [1.82, 2.24) is 0 Å². The zero-order valence-electron chi connectivity index (χ0n) is 11.1. The summed E-state index contributed by atoms with van der Waals surface area (Å²) in [6.07, 6.45) is 12.6. The van der Waals surface area contributed by atoms with Crippen molar-refractivity contribution in [3.63, 3.8) is 0 Å². The Hall–Kier alpha value is 1.11. The van der Waals surface area contributed by atoms with Crippen LogP contribution in [0, 0.1) is 0 Å². The normalized spacial score (nSPS) is 9.81. The molecule has 0 aromatic carbocycles. The van der Waals surface area contributed by atoms with Crippen molar-refractivity contribution in [3.05, 3.63) is 0 Å². The van der Waals surface area contributed by atoms with Gasteiger partial charge in [0.2, 0.25) is 0 Å². The number of rotatable bonds is 11. The van der Waals surface area contributed by atoms with Crippen molar-refractivity contribution in [1.29, 1.82) is 0 Å². The number of hydrogen-bond acceptors (Lipinski definition) is 2. The van der Waals surface area contributed by atoms with Crippen molar-refractivity contribution in [2.75, 3.05) is 0 Å². The van der Waals surface area contributed by atoms with Crippen LogP contribution in [0.1, 0.15) is 77.6 Å². The molecule has 2 nitrogen and oxygen atoms in total. The second-order valence-electron chi connectivity index (χ2n) is 4.30. The molecule has 0 saturated carbocycles. The van der Waals surface area contributed by atoms with Gasteiger partial charge in [-0.3, -0.25) is 0 Å². The monoisotopic (exact) mass is 252 g/mol. The summed E-state index contributed by atoms with van der Waals surface area (Å²) >= 11 is 0. The van der Waals surface area contributed by atoms with Gasteiger partial charge < -0.3 is 9.90 Å². The van der Waals surface area contributed by atoms with Crippen LogP contribution in [0.2, 0.25) is 0 Å². The van der Waals surface area contributed by atoms with E-state index in [4.69, 9.17) is 0 Å². The molecule has 0 aliphatic rings. The molecule has 0 unspecified atom stereocenters. The van der Waals surface area contributed by atoms with Gasteiger partial charge in [-0.1, -0.05) is 64.7 Å². The third-order valence-electron chi connectivity index (χ3n) is 2.73. The number of carbonyl (C=O) groups excluding carboxylic acids is 1. The van der Waals surface area contributed by atoms with E-state index in [0.717, 1.165) is 12.8 Å². The summed E-state index contributed by atoms with van der Waals surface area (Å²) in [6.45, 7) is 2.23. The number of carboxylic acids is 1. The Bertz CT molecular complexity index is 149. The van der Waals surface area contributed by atoms with E-state index in [2.05, 4.69) is 6.92 Å². The van der Waals surface area contributed by atoms with Gasteiger partial charge in [-0.15, -0.1) is 0 Å². The van der Waals surface area contributed by atoms with Crippen molar-refractivity contribution >= 4 is 5.97 Å². The van der Waals surface area contributed by atoms with E-state index in [9.17, 15) is 9.90 Å². The first-order valence-corrected chi connectivity index (χ1v) is 6.47. The molecule has 0 amide bonds. The summed E-state index contributed by atoms with van der Waals surface area (Å²) in [4.78, 5) is 10.1. The Labute approximate surface area is 143 Å². The summed E-state index contributed by atoms with van der Waals surface area (Å²) in [6, 6.07) is 0. The Morgan fingerprint density at radius 1 is 0.812 bits per heavy atom. The number of unbranched alkanes of at least 4 members (excludes halogenated alkanes) is 9. The summed E-state index contributed by atoms with van der Waals surface area (Å²) < 4.78 is 0. The predicted octanol–water partition coefficient (Wildman–Crippen LogP) is 0.0513. The molecule has 0 spiro atoms. The van der Waals surface area contributed by atoms with E-state index in [0.29, 0.717) is 0 Å². The van der Waals surface area contributed by atoms with E-state index in [-0.39, 0.29) is 57.8 Å². The van der Waals surface area contributed by atoms with Crippen molar-refractivity contribution in [2.45, 2.75) is 77.6 Å². The molecule has 16 heavy (non-hydrogen) atoms. The molecule has 0 saturated heterocycles. The van der Waals surface area contributed by atoms with Crippen LogP contribution in [0.15, 0.2) is 0 Å². The maximum atomic E-state index is 10.1. The van der Waals surface area contributed by atoms with Gasteiger partial charge >= 0.3 is 51.4 Å². The van der Waals surface area contributed by atoms with Crippen molar-refractivity contribution in [3.8, 4) is 0 Å². The maximum absolute atomic E-state index is 10.1. The summed E-state index contributed by atoms with van der Waals surface area (Å²) in [5, 5.41) is 10.1. The van der Waals surface area contributed by atoms with Gasteiger partial charge in [-0.05, 0) is 12.8 Å². The second-order valence-corrected chi connectivity index (χ2v) is 4.30. The number of aliphatic carboxylic acids is 1. The molecule has 0 rings (SSSR count). The molecule has 3 heteroatoms. The smallest absolute Gasteiger partial charge is 0.550 e. The fourth-order valence-corrected chi connectivity index (χ4v) is 1.76. The molecule has 0 bridgehead atoms. The van der Waals surface area contributed by atoms with Gasteiger partial charge in [-0.25, -0.2) is 0 Å². The molecule has 0 heterocycles. The SMILES string of the molecule is CCCCCCCCCCCCC(=O)[O-].[K+]. The standard InChI is InChI=1S/C13H26O2.K/c1-2-3-4-5-6-7-8-9-10-11-12-13(14)15;/h2-12H2,1H3,(H,14,15);/q;+1/p-1. The minimum atomic E-state index is -0.908. The van der Waals surface area contributed by atoms with Crippen LogP contribution < -0.4 is 56.5 Å². The molecule has 90 valence electrons. The molecule has 0 N–H and O–H groups in total. The van der Waals surface area contributed by atoms with Crippen LogP contribution in [0.3, 0.4) is 0 Å². The molecule has 0 aliphatic carbocycles. The third kappa shape index (κ3) is 17.5. The molecular weight excluding hydrogens is 227 g/mol. The van der Waals surface area contributed by atoms with Gasteiger partial charge in [0.05, 0.1) is 0 Å². The van der Waals surface area contributed by atoms with E-state index in [1.165, 1.54) is 51.4 Å². The van der Waals surface area contributed by atoms with Crippen LogP contribution in [0.4, 0.5) is 0 Å². The van der Waals surface area contributed by atoms with Gasteiger partial charge in [0.15, 0.2) is 0 Å². The molecule has 0 radical (unpaired) electrons. The van der Waals surface area contributed by atoms with Gasteiger partial charge in [0.25, 0.3) is 0 Å². The Balaban J connectivity index is 0. The topological polar surface area (TPSA) is 40.1 Å². The van der Waals surface area contributed by atoms with Gasteiger partial charge in [0, 0.05) is 5.97 Å². The second kappa shape index (κ2) is 16.1. The van der Waals surface area contributed by atoms with Crippen molar-refractivity contribution in [2.24, 2.45) is 0 Å². The average molecular weight is 252 g/mol. The zero-order valence-corrected chi connectivity index (χ0v) is 14.2. The molecule has 0 aliphatic heterocycles. The fourth-order valence-electron chi connectivity index (χ4n) is 1.76. The molecule has 0 fully saturated rings. The van der Waals surface area contributed by atoms with E-state index in [1.54, 1.807) is 0 Å². The van der Waals surface area contributed by atoms with Crippen LogP contribution in [-0.4, -0.2) is 5.97 Å². The molecule has 0 atom stereocenters. The van der Waals surface area contributed by atoms with Crippen LogP contribution in [0.5, 0.6) is 0 Å². The van der Waals surface area contributed by atoms with E-state index in [1.807, 2.05) is 0 Å². The molecule has 0 aromatic heterocycles. The summed E-state index contributed by atoms with van der Waals surface area (Å²) in [7, 11) is 0. The average Bonchev–Trinajstić information content (AvgIpc) is 2.20. The van der Waals surface area contributed by atoms with E-state index < -0.39 is 5.97 Å². The molecule has 0 aromatic rings. The quantitative estimate of drug-likeness (QED) is 0.385. The van der Waals surface area contributed by atoms with Gasteiger partial charge in [-0.2, -0.15) is 0 Å². The predicted molar refractivity (Wildman–Crippen MR) is 61.5 cm³/mol. The summed E-state index contributed by atoms with van der Waals surface area (Å²) in [5.74, 6) is -0.908. The Kier molecular flexibility index (Phi) is 19.6. The number of carboxylic acid groups (broad SMARTS) is 1. The largest absolute Gasteiger partial charge is 1.00 e. The first-order valence-electron chi connectivity index (χ1n) is 6.47.